The first-order valence-corrected chi connectivity index (χ1v) is 9.40. The minimum atomic E-state index is 0.345. The second-order valence-electron chi connectivity index (χ2n) is 6.70. The normalized spacial score (nSPS) is 16.7. The van der Waals surface area contributed by atoms with Crippen LogP contribution in [0.25, 0.3) is 0 Å². The summed E-state index contributed by atoms with van der Waals surface area (Å²) >= 11 is 0. The van der Waals surface area contributed by atoms with Crippen LogP contribution in [-0.2, 0) is 22.6 Å². The predicted molar refractivity (Wildman–Crippen MR) is 101 cm³/mol. The second-order valence-corrected chi connectivity index (χ2v) is 6.70. The quantitative estimate of drug-likeness (QED) is 0.761. The van der Waals surface area contributed by atoms with E-state index in [9.17, 15) is 0 Å². The molecule has 1 N–H and O–H groups in total. The lowest BCUT2D eigenvalue weighted by atomic mass is 10.0. The maximum absolute atomic E-state index is 6.04. The highest BCUT2D eigenvalue weighted by atomic mass is 16.5. The monoisotopic (exact) mass is 339 g/mol. The highest BCUT2D eigenvalue weighted by molar-refractivity contribution is 5.24. The molecule has 2 aromatic carbocycles. The van der Waals surface area contributed by atoms with Gasteiger partial charge >= 0.3 is 0 Å². The molecule has 2 aromatic rings. The maximum Gasteiger partial charge on any atom is 0.0720 e. The van der Waals surface area contributed by atoms with Crippen LogP contribution in [-0.4, -0.2) is 19.3 Å². The van der Waals surface area contributed by atoms with E-state index < -0.39 is 0 Å². The first-order valence-electron chi connectivity index (χ1n) is 9.40. The van der Waals surface area contributed by atoms with Crippen LogP contribution in [0, 0.1) is 0 Å². The third-order valence-corrected chi connectivity index (χ3v) is 4.81. The van der Waals surface area contributed by atoms with E-state index >= 15 is 0 Å². The van der Waals surface area contributed by atoms with Gasteiger partial charge < -0.3 is 14.8 Å². The van der Waals surface area contributed by atoms with Crippen molar-refractivity contribution in [1.82, 2.24) is 5.32 Å². The Morgan fingerprint density at radius 2 is 1.80 bits per heavy atom. The molecule has 1 saturated heterocycles. The molecule has 25 heavy (non-hydrogen) atoms. The molecule has 0 unspecified atom stereocenters. The molecule has 1 aliphatic rings. The summed E-state index contributed by atoms with van der Waals surface area (Å²) in [5, 5.41) is 3.68. The largest absolute Gasteiger partial charge is 0.381 e. The Balaban J connectivity index is 1.52. The average molecular weight is 339 g/mol. The van der Waals surface area contributed by atoms with Crippen molar-refractivity contribution in [2.24, 2.45) is 0 Å². The van der Waals surface area contributed by atoms with Crippen molar-refractivity contribution in [2.75, 3.05) is 13.2 Å². The van der Waals surface area contributed by atoms with Gasteiger partial charge in [0.25, 0.3) is 0 Å². The van der Waals surface area contributed by atoms with Gasteiger partial charge in [-0.1, -0.05) is 61.5 Å². The van der Waals surface area contributed by atoms with Gasteiger partial charge in [0, 0.05) is 25.8 Å². The van der Waals surface area contributed by atoms with Crippen molar-refractivity contribution in [2.45, 2.75) is 51.5 Å². The first kappa shape index (κ1) is 18.1. The van der Waals surface area contributed by atoms with Gasteiger partial charge in [-0.3, -0.25) is 0 Å². The lowest BCUT2D eigenvalue weighted by molar-refractivity contribution is -0.0390. The minimum Gasteiger partial charge on any atom is -0.381 e. The SMILES string of the molecule is CC[C@@H](NCc1cccc(COC2CCOCC2)c1)c1ccccc1. The van der Waals surface area contributed by atoms with Gasteiger partial charge in [0.05, 0.1) is 12.7 Å². The van der Waals surface area contributed by atoms with E-state index in [1.54, 1.807) is 0 Å². The smallest absolute Gasteiger partial charge is 0.0720 e. The van der Waals surface area contributed by atoms with Crippen LogP contribution in [0.3, 0.4) is 0 Å². The zero-order valence-corrected chi connectivity index (χ0v) is 15.1. The number of benzene rings is 2. The summed E-state index contributed by atoms with van der Waals surface area (Å²) in [5.41, 5.74) is 3.91. The van der Waals surface area contributed by atoms with Gasteiger partial charge in [-0.25, -0.2) is 0 Å². The Morgan fingerprint density at radius 1 is 1.04 bits per heavy atom. The molecular formula is C22H29NO2. The highest BCUT2D eigenvalue weighted by Crippen LogP contribution is 2.18. The van der Waals surface area contributed by atoms with Gasteiger partial charge in [-0.2, -0.15) is 0 Å². The molecule has 1 aliphatic heterocycles. The molecule has 0 amide bonds. The van der Waals surface area contributed by atoms with Gasteiger partial charge in [-0.15, -0.1) is 0 Å². The van der Waals surface area contributed by atoms with Crippen LogP contribution < -0.4 is 5.32 Å². The van der Waals surface area contributed by atoms with Crippen LogP contribution in [0.2, 0.25) is 0 Å². The summed E-state index contributed by atoms with van der Waals surface area (Å²) in [5.74, 6) is 0. The van der Waals surface area contributed by atoms with E-state index in [4.69, 9.17) is 9.47 Å². The van der Waals surface area contributed by atoms with Crippen LogP contribution in [0.15, 0.2) is 54.6 Å². The van der Waals surface area contributed by atoms with Crippen molar-refractivity contribution in [3.63, 3.8) is 0 Å². The van der Waals surface area contributed by atoms with Crippen LogP contribution in [0.1, 0.15) is 48.9 Å². The third kappa shape index (κ3) is 5.67. The van der Waals surface area contributed by atoms with Crippen molar-refractivity contribution < 1.29 is 9.47 Å². The maximum atomic E-state index is 6.04. The van der Waals surface area contributed by atoms with E-state index in [-0.39, 0.29) is 0 Å². The Hall–Kier alpha value is -1.68. The third-order valence-electron chi connectivity index (χ3n) is 4.81. The number of hydrogen-bond acceptors (Lipinski definition) is 3. The lowest BCUT2D eigenvalue weighted by Gasteiger charge is -2.22. The van der Waals surface area contributed by atoms with Crippen LogP contribution in [0.5, 0.6) is 0 Å². The molecule has 0 aromatic heterocycles. The molecule has 1 heterocycles. The van der Waals surface area contributed by atoms with E-state index in [1.807, 2.05) is 0 Å². The van der Waals surface area contributed by atoms with Gasteiger partial charge in [-0.05, 0) is 36.0 Å². The molecule has 134 valence electrons. The standard InChI is InChI=1S/C22H29NO2/c1-2-22(20-9-4-3-5-10-20)23-16-18-7-6-8-19(15-18)17-25-21-11-13-24-14-12-21/h3-10,15,21-23H,2,11-14,16-17H2,1H3/t22-/m1/s1. The number of nitrogens with one attached hydrogen (secondary N) is 1. The fourth-order valence-corrected chi connectivity index (χ4v) is 3.31. The number of hydrogen-bond donors (Lipinski definition) is 1. The van der Waals surface area contributed by atoms with Crippen LogP contribution >= 0.6 is 0 Å². The molecule has 3 rings (SSSR count). The fraction of sp³-hybridized carbons (Fsp3) is 0.455. The van der Waals surface area contributed by atoms with Crippen molar-refractivity contribution in [1.29, 1.82) is 0 Å². The summed E-state index contributed by atoms with van der Waals surface area (Å²) in [6.45, 7) is 5.44. The van der Waals surface area contributed by atoms with Crippen LogP contribution in [0.4, 0.5) is 0 Å². The molecule has 0 radical (unpaired) electrons. The Kier molecular flexibility index (Phi) is 7.04. The summed E-state index contributed by atoms with van der Waals surface area (Å²) in [6, 6.07) is 19.8. The summed E-state index contributed by atoms with van der Waals surface area (Å²) in [4.78, 5) is 0. The summed E-state index contributed by atoms with van der Waals surface area (Å²) in [6.07, 6.45) is 3.45. The molecular weight excluding hydrogens is 310 g/mol. The minimum absolute atomic E-state index is 0.345. The second kappa shape index (κ2) is 9.71. The molecule has 0 spiro atoms. The molecule has 0 aliphatic carbocycles. The van der Waals surface area contributed by atoms with E-state index in [0.717, 1.165) is 39.0 Å². The van der Waals surface area contributed by atoms with Crippen molar-refractivity contribution in [3.8, 4) is 0 Å². The average Bonchev–Trinajstić information content (AvgIpc) is 2.69. The van der Waals surface area contributed by atoms with E-state index in [2.05, 4.69) is 66.8 Å². The van der Waals surface area contributed by atoms with E-state index in [1.165, 1.54) is 16.7 Å². The molecule has 0 saturated carbocycles. The Morgan fingerprint density at radius 3 is 2.56 bits per heavy atom. The zero-order valence-electron chi connectivity index (χ0n) is 15.1. The van der Waals surface area contributed by atoms with Gasteiger partial charge in [0.1, 0.15) is 0 Å². The highest BCUT2D eigenvalue weighted by Gasteiger charge is 2.14. The number of rotatable bonds is 8. The lowest BCUT2D eigenvalue weighted by Crippen LogP contribution is -2.23. The summed E-state index contributed by atoms with van der Waals surface area (Å²) < 4.78 is 11.4. The van der Waals surface area contributed by atoms with E-state index in [0.29, 0.717) is 18.8 Å². The molecule has 1 atom stereocenters. The number of ether oxygens (including phenoxy) is 2. The molecule has 0 bridgehead atoms. The Labute approximate surface area is 151 Å². The topological polar surface area (TPSA) is 30.5 Å². The molecule has 3 nitrogen and oxygen atoms in total. The zero-order chi connectivity index (χ0) is 17.3. The molecule has 3 heteroatoms. The summed E-state index contributed by atoms with van der Waals surface area (Å²) in [7, 11) is 0. The Bertz CT molecular complexity index is 623. The first-order chi connectivity index (χ1) is 12.3. The van der Waals surface area contributed by atoms with Crippen molar-refractivity contribution >= 4 is 0 Å². The predicted octanol–water partition coefficient (Wildman–Crippen LogP) is 4.62. The fourth-order valence-electron chi connectivity index (χ4n) is 3.31. The van der Waals surface area contributed by atoms with Crippen molar-refractivity contribution in [3.05, 3.63) is 71.3 Å². The van der Waals surface area contributed by atoms with Gasteiger partial charge in [0.15, 0.2) is 0 Å². The van der Waals surface area contributed by atoms with Gasteiger partial charge in [0.2, 0.25) is 0 Å². The molecule has 1 fully saturated rings.